The first kappa shape index (κ1) is 12.3. The highest BCUT2D eigenvalue weighted by molar-refractivity contribution is 7.98. The number of nitrogens with two attached hydrogens (primary N) is 1. The van der Waals surface area contributed by atoms with Gasteiger partial charge in [0, 0.05) is 12.3 Å². The fraction of sp³-hybridized carbons (Fsp3) is 1.00. The molecule has 2 N–H and O–H groups in total. The Morgan fingerprint density at radius 2 is 2.00 bits per heavy atom. The molecular formula is C7H17NO2S2. The summed E-state index contributed by atoms with van der Waals surface area (Å²) in [6, 6.07) is 0.0344. The van der Waals surface area contributed by atoms with E-state index in [0.717, 1.165) is 12.2 Å². The maximum absolute atomic E-state index is 10.7. The SMILES string of the molecule is CSCCC(N)CCS(C)(=O)=O. The normalized spacial score (nSPS) is 14.6. The highest BCUT2D eigenvalue weighted by Gasteiger charge is 2.07. The van der Waals surface area contributed by atoms with Crippen LogP contribution >= 0.6 is 11.8 Å². The molecule has 0 aliphatic rings. The Morgan fingerprint density at radius 3 is 2.42 bits per heavy atom. The highest BCUT2D eigenvalue weighted by Crippen LogP contribution is 2.02. The van der Waals surface area contributed by atoms with E-state index in [2.05, 4.69) is 0 Å². The summed E-state index contributed by atoms with van der Waals surface area (Å²) >= 11 is 1.73. The molecule has 1 unspecified atom stereocenters. The van der Waals surface area contributed by atoms with Crippen molar-refractivity contribution in [1.29, 1.82) is 0 Å². The van der Waals surface area contributed by atoms with Crippen molar-refractivity contribution in [3.63, 3.8) is 0 Å². The Balaban J connectivity index is 3.51. The van der Waals surface area contributed by atoms with Crippen LogP contribution in [0.1, 0.15) is 12.8 Å². The first-order chi connectivity index (χ1) is 5.45. The molecule has 0 saturated carbocycles. The Morgan fingerprint density at radius 1 is 1.42 bits per heavy atom. The summed E-state index contributed by atoms with van der Waals surface area (Å²) in [4.78, 5) is 0. The van der Waals surface area contributed by atoms with Crippen LogP contribution in [0.15, 0.2) is 0 Å². The van der Waals surface area contributed by atoms with Crippen LogP contribution in [0.25, 0.3) is 0 Å². The molecule has 0 heterocycles. The van der Waals surface area contributed by atoms with Crippen LogP contribution in [0.5, 0.6) is 0 Å². The van der Waals surface area contributed by atoms with Gasteiger partial charge in [-0.3, -0.25) is 0 Å². The van der Waals surface area contributed by atoms with Crippen molar-refractivity contribution < 1.29 is 8.42 Å². The van der Waals surface area contributed by atoms with Gasteiger partial charge >= 0.3 is 0 Å². The fourth-order valence-corrected chi connectivity index (χ4v) is 2.05. The summed E-state index contributed by atoms with van der Waals surface area (Å²) in [5, 5.41) is 0. The minimum absolute atomic E-state index is 0.0344. The van der Waals surface area contributed by atoms with Crippen molar-refractivity contribution in [1.82, 2.24) is 0 Å². The summed E-state index contributed by atoms with van der Waals surface area (Å²) in [5.74, 6) is 1.22. The van der Waals surface area contributed by atoms with Gasteiger partial charge in [0.2, 0.25) is 0 Å². The molecule has 0 amide bonds. The topological polar surface area (TPSA) is 60.2 Å². The number of rotatable bonds is 6. The van der Waals surface area contributed by atoms with Crippen molar-refractivity contribution in [2.45, 2.75) is 18.9 Å². The predicted octanol–water partition coefficient (Wildman–Crippen LogP) is 0.502. The van der Waals surface area contributed by atoms with E-state index in [1.54, 1.807) is 11.8 Å². The standard InChI is InChI=1S/C7H17NO2S2/c1-11-5-3-7(8)4-6-12(2,9)10/h7H,3-6,8H2,1-2H3. The van der Waals surface area contributed by atoms with Gasteiger partial charge in [-0.1, -0.05) is 0 Å². The average molecular weight is 211 g/mol. The van der Waals surface area contributed by atoms with Crippen LogP contribution in [-0.2, 0) is 9.84 Å². The molecule has 0 saturated heterocycles. The summed E-state index contributed by atoms with van der Waals surface area (Å²) < 4.78 is 21.5. The van der Waals surface area contributed by atoms with E-state index in [-0.39, 0.29) is 11.8 Å². The largest absolute Gasteiger partial charge is 0.328 e. The van der Waals surface area contributed by atoms with Crippen LogP contribution in [0.3, 0.4) is 0 Å². The predicted molar refractivity (Wildman–Crippen MR) is 55.3 cm³/mol. The Bertz CT molecular complexity index is 201. The van der Waals surface area contributed by atoms with Gasteiger partial charge in [-0.15, -0.1) is 0 Å². The molecular weight excluding hydrogens is 194 g/mol. The van der Waals surface area contributed by atoms with E-state index in [4.69, 9.17) is 5.73 Å². The lowest BCUT2D eigenvalue weighted by Crippen LogP contribution is -2.24. The second kappa shape index (κ2) is 5.83. The smallest absolute Gasteiger partial charge is 0.147 e. The lowest BCUT2D eigenvalue weighted by molar-refractivity contribution is 0.583. The first-order valence-electron chi connectivity index (χ1n) is 3.88. The van der Waals surface area contributed by atoms with Crippen molar-refractivity contribution in [3.8, 4) is 0 Å². The van der Waals surface area contributed by atoms with E-state index >= 15 is 0 Å². The van der Waals surface area contributed by atoms with E-state index in [1.165, 1.54) is 6.26 Å². The maximum Gasteiger partial charge on any atom is 0.147 e. The maximum atomic E-state index is 10.7. The molecule has 0 bridgehead atoms. The zero-order valence-corrected chi connectivity index (χ0v) is 9.25. The molecule has 0 radical (unpaired) electrons. The van der Waals surface area contributed by atoms with E-state index in [1.807, 2.05) is 6.26 Å². The lowest BCUT2D eigenvalue weighted by atomic mass is 10.2. The van der Waals surface area contributed by atoms with Crippen molar-refractivity contribution in [2.24, 2.45) is 5.73 Å². The molecule has 0 aliphatic heterocycles. The minimum Gasteiger partial charge on any atom is -0.328 e. The van der Waals surface area contributed by atoms with Gasteiger partial charge in [0.1, 0.15) is 9.84 Å². The lowest BCUT2D eigenvalue weighted by Gasteiger charge is -2.08. The monoisotopic (exact) mass is 211 g/mol. The number of hydrogen-bond donors (Lipinski definition) is 1. The molecule has 0 spiro atoms. The number of sulfone groups is 1. The zero-order valence-electron chi connectivity index (χ0n) is 7.62. The van der Waals surface area contributed by atoms with Crippen LogP contribution in [0.2, 0.25) is 0 Å². The van der Waals surface area contributed by atoms with Gasteiger partial charge in [-0.2, -0.15) is 11.8 Å². The van der Waals surface area contributed by atoms with Gasteiger partial charge in [-0.25, -0.2) is 8.42 Å². The van der Waals surface area contributed by atoms with E-state index in [9.17, 15) is 8.42 Å². The van der Waals surface area contributed by atoms with Gasteiger partial charge in [0.25, 0.3) is 0 Å². The fourth-order valence-electron chi connectivity index (χ4n) is 0.779. The van der Waals surface area contributed by atoms with E-state index < -0.39 is 9.84 Å². The molecule has 0 aromatic heterocycles. The summed E-state index contributed by atoms with van der Waals surface area (Å²) in [6.07, 6.45) is 4.74. The molecule has 1 atom stereocenters. The zero-order chi connectivity index (χ0) is 9.61. The molecule has 0 fully saturated rings. The van der Waals surface area contributed by atoms with Crippen molar-refractivity contribution in [3.05, 3.63) is 0 Å². The van der Waals surface area contributed by atoms with Crippen LogP contribution in [0.4, 0.5) is 0 Å². The van der Waals surface area contributed by atoms with Crippen LogP contribution in [0, 0.1) is 0 Å². The second-order valence-corrected chi connectivity index (χ2v) is 6.21. The Hall–Kier alpha value is 0.260. The molecule has 0 aromatic rings. The van der Waals surface area contributed by atoms with Gasteiger partial charge in [-0.05, 0) is 24.9 Å². The molecule has 74 valence electrons. The second-order valence-electron chi connectivity index (χ2n) is 2.96. The third kappa shape index (κ3) is 8.36. The summed E-state index contributed by atoms with van der Waals surface area (Å²) in [7, 11) is -2.83. The van der Waals surface area contributed by atoms with Crippen LogP contribution in [-0.4, -0.2) is 38.5 Å². The van der Waals surface area contributed by atoms with Gasteiger partial charge in [0.15, 0.2) is 0 Å². The Kier molecular flexibility index (Phi) is 5.96. The minimum atomic E-state index is -2.83. The Labute approximate surface area is 79.0 Å². The number of thioether (sulfide) groups is 1. The van der Waals surface area contributed by atoms with Crippen molar-refractivity contribution in [2.75, 3.05) is 24.0 Å². The molecule has 0 rings (SSSR count). The van der Waals surface area contributed by atoms with Gasteiger partial charge in [0.05, 0.1) is 5.75 Å². The van der Waals surface area contributed by atoms with E-state index in [0.29, 0.717) is 6.42 Å². The van der Waals surface area contributed by atoms with Gasteiger partial charge < -0.3 is 5.73 Å². The molecule has 0 aliphatic carbocycles. The van der Waals surface area contributed by atoms with Crippen molar-refractivity contribution >= 4 is 21.6 Å². The molecule has 3 nitrogen and oxygen atoms in total. The number of hydrogen-bond acceptors (Lipinski definition) is 4. The quantitative estimate of drug-likeness (QED) is 0.695. The molecule has 12 heavy (non-hydrogen) atoms. The summed E-state index contributed by atoms with van der Waals surface area (Å²) in [5.41, 5.74) is 5.69. The average Bonchev–Trinajstić information content (AvgIpc) is 1.95. The molecule has 0 aromatic carbocycles. The first-order valence-corrected chi connectivity index (χ1v) is 7.33. The summed E-state index contributed by atoms with van der Waals surface area (Å²) in [6.45, 7) is 0. The third-order valence-electron chi connectivity index (χ3n) is 1.55. The highest BCUT2D eigenvalue weighted by atomic mass is 32.2. The third-order valence-corrected chi connectivity index (χ3v) is 3.17. The van der Waals surface area contributed by atoms with Crippen LogP contribution < -0.4 is 5.73 Å². The molecule has 5 heteroatoms.